The average molecular weight is 548 g/mol. The van der Waals surface area contributed by atoms with Crippen LogP contribution in [0.2, 0.25) is 0 Å². The van der Waals surface area contributed by atoms with Crippen molar-refractivity contribution in [1.82, 2.24) is 19.8 Å². The molecule has 208 valence electrons. The molecule has 2 atom stereocenters. The maximum Gasteiger partial charge on any atom is 0.417 e. The van der Waals surface area contributed by atoms with E-state index in [-0.39, 0.29) is 13.1 Å². The van der Waals surface area contributed by atoms with Gasteiger partial charge in [-0.3, -0.25) is 19.6 Å². The van der Waals surface area contributed by atoms with Gasteiger partial charge >= 0.3 is 12.4 Å². The molecule has 2 saturated heterocycles. The molecule has 0 spiro atoms. The van der Waals surface area contributed by atoms with E-state index < -0.39 is 58.6 Å². The minimum atomic E-state index is -4.59. The molecule has 0 radical (unpaired) electrons. The number of hydrogen-bond donors (Lipinski definition) is 2. The minimum Gasteiger partial charge on any atom is -0.391 e. The van der Waals surface area contributed by atoms with Gasteiger partial charge in [0.2, 0.25) is 0 Å². The molecule has 2 aromatic rings. The van der Waals surface area contributed by atoms with E-state index >= 15 is 0 Å². The number of piperidine rings is 2. The first kappa shape index (κ1) is 29.3. The van der Waals surface area contributed by atoms with Crippen LogP contribution in [0.5, 0.6) is 0 Å². The summed E-state index contributed by atoms with van der Waals surface area (Å²) in [5.41, 5.74) is -2.92. The Morgan fingerprint density at radius 1 is 0.737 bits per heavy atom. The van der Waals surface area contributed by atoms with E-state index in [1.807, 2.05) is 0 Å². The number of rotatable bonds is 2. The molecule has 2 unspecified atom stereocenters. The molecular formula is C24H26F6N4O4. The van der Waals surface area contributed by atoms with Gasteiger partial charge in [-0.15, -0.1) is 0 Å². The Kier molecular flexibility index (Phi) is 9.31. The molecule has 2 N–H and O–H groups in total. The van der Waals surface area contributed by atoms with Crippen molar-refractivity contribution in [3.05, 3.63) is 59.2 Å². The van der Waals surface area contributed by atoms with Gasteiger partial charge in [-0.25, -0.2) is 0 Å². The van der Waals surface area contributed by atoms with E-state index in [1.165, 1.54) is 9.80 Å². The van der Waals surface area contributed by atoms with E-state index in [0.29, 0.717) is 38.8 Å². The number of nitrogens with zero attached hydrogens (tertiary/aromatic N) is 4. The predicted molar refractivity (Wildman–Crippen MR) is 121 cm³/mol. The number of carbonyl (C=O) groups is 2. The number of likely N-dealkylation sites (tertiary alicyclic amines) is 2. The third-order valence-corrected chi connectivity index (χ3v) is 6.08. The number of carbonyl (C=O) groups excluding carboxylic acids is 2. The van der Waals surface area contributed by atoms with Gasteiger partial charge in [-0.05, 0) is 37.8 Å². The second kappa shape index (κ2) is 12.1. The Bertz CT molecular complexity index is 1040. The molecule has 2 aliphatic rings. The SMILES string of the molecule is O=C(c1cnccc1C(F)(F)F)N1CCCC(O)C1.O=C(c1cnccc1C(F)(F)F)N1CCCC(O)C1. The summed E-state index contributed by atoms with van der Waals surface area (Å²) in [7, 11) is 0. The maximum absolute atomic E-state index is 12.8. The van der Waals surface area contributed by atoms with Crippen molar-refractivity contribution in [3.63, 3.8) is 0 Å². The van der Waals surface area contributed by atoms with E-state index in [1.54, 1.807) is 0 Å². The summed E-state index contributed by atoms with van der Waals surface area (Å²) in [6.45, 7) is 0.820. The second-order valence-electron chi connectivity index (χ2n) is 8.93. The summed E-state index contributed by atoms with van der Waals surface area (Å²) in [5, 5.41) is 18.9. The molecule has 0 aliphatic carbocycles. The van der Waals surface area contributed by atoms with Gasteiger partial charge in [0.1, 0.15) is 0 Å². The van der Waals surface area contributed by atoms with Crippen molar-refractivity contribution in [2.45, 2.75) is 50.2 Å². The van der Waals surface area contributed by atoms with Crippen LogP contribution in [0.3, 0.4) is 0 Å². The molecule has 0 bridgehead atoms. The van der Waals surface area contributed by atoms with E-state index in [0.717, 1.165) is 36.9 Å². The number of amides is 2. The first-order valence-corrected chi connectivity index (χ1v) is 11.8. The van der Waals surface area contributed by atoms with Crippen LogP contribution >= 0.6 is 0 Å². The molecule has 0 saturated carbocycles. The molecule has 2 fully saturated rings. The number of halogens is 6. The number of β-amino-alcohol motifs (C(OH)–C–C–N with tert-alkyl or cyclic N) is 2. The highest BCUT2D eigenvalue weighted by Gasteiger charge is 2.38. The lowest BCUT2D eigenvalue weighted by Crippen LogP contribution is -2.42. The number of pyridine rings is 2. The summed E-state index contributed by atoms with van der Waals surface area (Å²) in [5.74, 6) is -1.47. The molecular weight excluding hydrogens is 522 g/mol. The third-order valence-electron chi connectivity index (χ3n) is 6.08. The van der Waals surface area contributed by atoms with Crippen molar-refractivity contribution in [2.24, 2.45) is 0 Å². The zero-order valence-corrected chi connectivity index (χ0v) is 20.0. The van der Waals surface area contributed by atoms with Gasteiger partial charge in [-0.2, -0.15) is 26.3 Å². The first-order valence-electron chi connectivity index (χ1n) is 11.8. The lowest BCUT2D eigenvalue weighted by atomic mass is 10.0. The van der Waals surface area contributed by atoms with Gasteiger partial charge in [0.25, 0.3) is 11.8 Å². The van der Waals surface area contributed by atoms with Crippen LogP contribution in [0.15, 0.2) is 36.9 Å². The molecule has 4 rings (SSSR count). The molecule has 0 aromatic carbocycles. The van der Waals surface area contributed by atoms with Crippen molar-refractivity contribution >= 4 is 11.8 Å². The predicted octanol–water partition coefficient (Wildman–Crippen LogP) is 3.39. The van der Waals surface area contributed by atoms with Gasteiger partial charge in [-0.1, -0.05) is 0 Å². The fraction of sp³-hybridized carbons (Fsp3) is 0.500. The van der Waals surface area contributed by atoms with E-state index in [2.05, 4.69) is 9.97 Å². The summed E-state index contributed by atoms with van der Waals surface area (Å²) < 4.78 is 76.8. The van der Waals surface area contributed by atoms with Crippen molar-refractivity contribution in [1.29, 1.82) is 0 Å². The van der Waals surface area contributed by atoms with Crippen LogP contribution in [0, 0.1) is 0 Å². The quantitative estimate of drug-likeness (QED) is 0.558. The minimum absolute atomic E-state index is 0.0605. The highest BCUT2D eigenvalue weighted by molar-refractivity contribution is 5.96. The maximum atomic E-state index is 12.8. The van der Waals surface area contributed by atoms with E-state index in [9.17, 15) is 46.1 Å². The van der Waals surface area contributed by atoms with Gasteiger partial charge in [0.15, 0.2) is 0 Å². The Balaban J connectivity index is 0.000000211. The van der Waals surface area contributed by atoms with E-state index in [4.69, 9.17) is 0 Å². The van der Waals surface area contributed by atoms with Crippen LogP contribution in [0.25, 0.3) is 0 Å². The van der Waals surface area contributed by atoms with Crippen LogP contribution < -0.4 is 0 Å². The third kappa shape index (κ3) is 7.40. The highest BCUT2D eigenvalue weighted by atomic mass is 19.4. The van der Waals surface area contributed by atoms with Crippen LogP contribution in [0.4, 0.5) is 26.3 Å². The lowest BCUT2D eigenvalue weighted by molar-refractivity contribution is -0.138. The molecule has 4 heterocycles. The van der Waals surface area contributed by atoms with Gasteiger partial charge in [0, 0.05) is 51.0 Å². The molecule has 2 aliphatic heterocycles. The number of aliphatic hydroxyl groups excluding tert-OH is 2. The highest BCUT2D eigenvalue weighted by Crippen LogP contribution is 2.33. The van der Waals surface area contributed by atoms with Crippen molar-refractivity contribution < 1.29 is 46.1 Å². The molecule has 2 amide bonds. The summed E-state index contributed by atoms with van der Waals surface area (Å²) >= 11 is 0. The van der Waals surface area contributed by atoms with Crippen LogP contribution in [-0.4, -0.2) is 80.2 Å². The van der Waals surface area contributed by atoms with Gasteiger partial charge < -0.3 is 20.0 Å². The zero-order valence-electron chi connectivity index (χ0n) is 20.0. The smallest absolute Gasteiger partial charge is 0.391 e. The molecule has 8 nitrogen and oxygen atoms in total. The summed E-state index contributed by atoms with van der Waals surface area (Å²) in [4.78, 5) is 33.8. The van der Waals surface area contributed by atoms with Crippen molar-refractivity contribution in [3.8, 4) is 0 Å². The fourth-order valence-corrected chi connectivity index (χ4v) is 4.24. The summed E-state index contributed by atoms with van der Waals surface area (Å²) in [6, 6.07) is 1.57. The Labute approximate surface area is 213 Å². The monoisotopic (exact) mass is 548 g/mol. The largest absolute Gasteiger partial charge is 0.417 e. The Morgan fingerprint density at radius 3 is 1.42 bits per heavy atom. The lowest BCUT2D eigenvalue weighted by Gasteiger charge is -2.30. The normalized spacial score (nSPS) is 20.4. The first-order chi connectivity index (χ1) is 17.8. The number of alkyl halides is 6. The Hall–Kier alpha value is -3.26. The van der Waals surface area contributed by atoms with Crippen LogP contribution in [-0.2, 0) is 12.4 Å². The number of hydrogen-bond acceptors (Lipinski definition) is 6. The topological polar surface area (TPSA) is 107 Å². The number of aromatic nitrogens is 2. The number of aliphatic hydroxyl groups is 2. The fourth-order valence-electron chi connectivity index (χ4n) is 4.24. The average Bonchev–Trinajstić information content (AvgIpc) is 2.87. The van der Waals surface area contributed by atoms with Crippen LogP contribution in [0.1, 0.15) is 57.5 Å². The Morgan fingerprint density at radius 2 is 1.11 bits per heavy atom. The second-order valence-corrected chi connectivity index (χ2v) is 8.93. The van der Waals surface area contributed by atoms with Gasteiger partial charge in [0.05, 0.1) is 34.5 Å². The summed E-state index contributed by atoms with van der Waals surface area (Å²) in [6.07, 6.45) is -4.42. The molecule has 2 aromatic heterocycles. The van der Waals surface area contributed by atoms with Crippen molar-refractivity contribution in [2.75, 3.05) is 26.2 Å². The molecule has 14 heteroatoms. The molecule has 38 heavy (non-hydrogen) atoms. The zero-order chi connectivity index (χ0) is 28.1. The standard InChI is InChI=1S/2C12H13F3N2O2/c2*13-12(14,15)10-3-4-16-6-9(10)11(19)17-5-1-2-8(18)7-17/h2*3-4,6,8,18H,1-2,5,7H2.